The largest absolute Gasteiger partial charge is 0.477 e. The fourth-order valence-corrected chi connectivity index (χ4v) is 4.33. The van der Waals surface area contributed by atoms with Crippen LogP contribution in [0.1, 0.15) is 42.6 Å². The number of esters is 1. The molecule has 1 aliphatic heterocycles. The van der Waals surface area contributed by atoms with Gasteiger partial charge in [0.15, 0.2) is 0 Å². The van der Waals surface area contributed by atoms with Gasteiger partial charge in [0.05, 0.1) is 23.5 Å². The molecule has 1 N–H and O–H groups in total. The number of carboxylic acids is 1. The predicted octanol–water partition coefficient (Wildman–Crippen LogP) is 1.73. The molecule has 1 saturated heterocycles. The molecular formula is C25H26FN3O9. The molecular weight excluding hydrogens is 505 g/mol. The summed E-state index contributed by atoms with van der Waals surface area (Å²) in [4.78, 5) is 72.8. The Morgan fingerprint density at radius 3 is 2.34 bits per heavy atom. The number of pyridine rings is 1. The van der Waals surface area contributed by atoms with E-state index >= 15 is 4.39 Å². The Morgan fingerprint density at radius 2 is 1.76 bits per heavy atom. The van der Waals surface area contributed by atoms with Gasteiger partial charge in [0.2, 0.25) is 11.7 Å². The number of hydrogen-bond donors (Lipinski definition) is 1. The third-order valence-electron chi connectivity index (χ3n) is 6.47. The third-order valence-corrected chi connectivity index (χ3v) is 6.47. The lowest BCUT2D eigenvalue weighted by Crippen LogP contribution is -2.49. The van der Waals surface area contributed by atoms with Gasteiger partial charge in [0.1, 0.15) is 24.0 Å². The van der Waals surface area contributed by atoms with Gasteiger partial charge in [-0.05, 0) is 25.0 Å². The average Bonchev–Trinajstić information content (AvgIpc) is 3.72. The Balaban J connectivity index is 1.42. The molecule has 2 fully saturated rings. The lowest BCUT2D eigenvalue weighted by molar-refractivity contribution is -0.167. The number of rotatable bonds is 9. The van der Waals surface area contributed by atoms with Crippen LogP contribution in [0.5, 0.6) is 0 Å². The summed E-state index contributed by atoms with van der Waals surface area (Å²) < 4.78 is 26.9. The van der Waals surface area contributed by atoms with E-state index in [4.69, 9.17) is 9.47 Å². The maximum absolute atomic E-state index is 15.1. The summed E-state index contributed by atoms with van der Waals surface area (Å²) in [6.45, 7) is 2.15. The van der Waals surface area contributed by atoms with Crippen LogP contribution in [0.25, 0.3) is 10.9 Å². The number of aldehydes is 2. The Morgan fingerprint density at radius 1 is 1.11 bits per heavy atom. The van der Waals surface area contributed by atoms with Crippen molar-refractivity contribution < 1.29 is 42.9 Å². The minimum atomic E-state index is -1.37. The quantitative estimate of drug-likeness (QED) is 0.219. The molecule has 0 radical (unpaired) electrons. The molecule has 1 saturated carbocycles. The SMILES string of the molecule is CC(OC(=O)CC(C=O)C=O)OC(=O)N1CCN(c2cc3c(cc2F)c(=O)c(C(=O)O)cn3C2CC2)CC1. The smallest absolute Gasteiger partial charge is 0.412 e. The van der Waals surface area contributed by atoms with Gasteiger partial charge in [-0.1, -0.05) is 0 Å². The average molecular weight is 531 g/mol. The van der Waals surface area contributed by atoms with Crippen LogP contribution in [0.2, 0.25) is 0 Å². The van der Waals surface area contributed by atoms with Crippen molar-refractivity contribution in [1.29, 1.82) is 0 Å². The lowest BCUT2D eigenvalue weighted by atomic mass is 10.1. The number of benzene rings is 1. The highest BCUT2D eigenvalue weighted by Crippen LogP contribution is 2.38. The van der Waals surface area contributed by atoms with E-state index < -0.39 is 53.5 Å². The number of fused-ring (bicyclic) bond motifs is 1. The lowest BCUT2D eigenvalue weighted by Gasteiger charge is -2.36. The van der Waals surface area contributed by atoms with Crippen molar-refractivity contribution in [2.45, 2.75) is 38.5 Å². The summed E-state index contributed by atoms with van der Waals surface area (Å²) in [6.07, 6.45) is 1.14. The van der Waals surface area contributed by atoms with E-state index in [1.165, 1.54) is 24.1 Å². The summed E-state index contributed by atoms with van der Waals surface area (Å²) in [5, 5.41) is 9.39. The van der Waals surface area contributed by atoms with Crippen LogP contribution in [-0.4, -0.2) is 77.6 Å². The van der Waals surface area contributed by atoms with Gasteiger partial charge in [-0.3, -0.25) is 9.59 Å². The molecule has 38 heavy (non-hydrogen) atoms. The van der Waals surface area contributed by atoms with Gasteiger partial charge in [-0.25, -0.2) is 14.0 Å². The number of hydrogen-bond acceptors (Lipinski definition) is 9. The highest BCUT2D eigenvalue weighted by molar-refractivity contribution is 5.93. The monoisotopic (exact) mass is 531 g/mol. The summed E-state index contributed by atoms with van der Waals surface area (Å²) in [6, 6.07) is 2.65. The van der Waals surface area contributed by atoms with Crippen molar-refractivity contribution in [2.24, 2.45) is 5.92 Å². The first-order chi connectivity index (χ1) is 18.1. The predicted molar refractivity (Wildman–Crippen MR) is 129 cm³/mol. The van der Waals surface area contributed by atoms with E-state index in [0.717, 1.165) is 18.9 Å². The van der Waals surface area contributed by atoms with Crippen molar-refractivity contribution >= 4 is 47.2 Å². The van der Waals surface area contributed by atoms with Crippen LogP contribution in [0.4, 0.5) is 14.9 Å². The fraction of sp³-hybridized carbons (Fsp3) is 0.440. The van der Waals surface area contributed by atoms with E-state index in [9.17, 15) is 33.9 Å². The number of amides is 1. The van der Waals surface area contributed by atoms with Gasteiger partial charge in [0.25, 0.3) is 0 Å². The Hall–Kier alpha value is -4.29. The topological polar surface area (TPSA) is 153 Å². The molecule has 4 rings (SSSR count). The number of carbonyl (C=O) groups excluding carboxylic acids is 4. The Kier molecular flexibility index (Phi) is 7.74. The molecule has 1 unspecified atom stereocenters. The Bertz CT molecular complexity index is 1340. The fourth-order valence-electron chi connectivity index (χ4n) is 4.33. The molecule has 1 aliphatic carbocycles. The first kappa shape index (κ1) is 26.8. The zero-order chi connectivity index (χ0) is 27.6. The summed E-state index contributed by atoms with van der Waals surface area (Å²) in [5.74, 6) is -4.05. The second-order valence-electron chi connectivity index (χ2n) is 9.19. The normalized spacial score (nSPS) is 16.3. The molecule has 2 heterocycles. The number of piperazine rings is 1. The molecule has 0 spiro atoms. The summed E-state index contributed by atoms with van der Waals surface area (Å²) in [7, 11) is 0. The number of aromatic carboxylic acids is 1. The molecule has 2 aliphatic rings. The van der Waals surface area contributed by atoms with Crippen LogP contribution < -0.4 is 10.3 Å². The third kappa shape index (κ3) is 5.66. The van der Waals surface area contributed by atoms with Crippen LogP contribution in [0.3, 0.4) is 0 Å². The minimum Gasteiger partial charge on any atom is -0.477 e. The van der Waals surface area contributed by atoms with Crippen LogP contribution in [-0.2, 0) is 23.9 Å². The summed E-state index contributed by atoms with van der Waals surface area (Å²) in [5.41, 5.74) is -0.478. The van der Waals surface area contributed by atoms with Crippen LogP contribution in [0.15, 0.2) is 23.1 Å². The molecule has 1 atom stereocenters. The van der Waals surface area contributed by atoms with Gasteiger partial charge < -0.3 is 38.5 Å². The maximum atomic E-state index is 15.1. The highest BCUT2D eigenvalue weighted by Gasteiger charge is 2.30. The molecule has 2 aromatic rings. The maximum Gasteiger partial charge on any atom is 0.412 e. The second-order valence-corrected chi connectivity index (χ2v) is 9.19. The zero-order valence-corrected chi connectivity index (χ0v) is 20.5. The number of ether oxygens (including phenoxy) is 2. The van der Waals surface area contributed by atoms with E-state index in [-0.39, 0.29) is 43.3 Å². The first-order valence-corrected chi connectivity index (χ1v) is 12.0. The van der Waals surface area contributed by atoms with Crippen LogP contribution >= 0.6 is 0 Å². The number of carboxylic acid groups (broad SMARTS) is 1. The number of halogens is 1. The first-order valence-electron chi connectivity index (χ1n) is 12.0. The van der Waals surface area contributed by atoms with Crippen molar-refractivity contribution in [3.8, 4) is 0 Å². The highest BCUT2D eigenvalue weighted by atomic mass is 19.1. The number of aromatic nitrogens is 1. The molecule has 13 heteroatoms. The molecule has 1 aromatic heterocycles. The van der Waals surface area contributed by atoms with Gasteiger partial charge in [-0.15, -0.1) is 0 Å². The van der Waals surface area contributed by atoms with Crippen molar-refractivity contribution in [3.05, 3.63) is 39.9 Å². The Labute approximate surface area is 215 Å². The summed E-state index contributed by atoms with van der Waals surface area (Å²) >= 11 is 0. The van der Waals surface area contributed by atoms with Crippen molar-refractivity contribution in [2.75, 3.05) is 31.1 Å². The molecule has 0 bridgehead atoms. The van der Waals surface area contributed by atoms with Gasteiger partial charge >= 0.3 is 18.0 Å². The van der Waals surface area contributed by atoms with E-state index in [1.54, 1.807) is 9.47 Å². The molecule has 12 nitrogen and oxygen atoms in total. The number of anilines is 1. The second kappa shape index (κ2) is 11.0. The van der Waals surface area contributed by atoms with E-state index in [2.05, 4.69) is 0 Å². The van der Waals surface area contributed by atoms with Crippen LogP contribution in [0, 0.1) is 11.7 Å². The van der Waals surface area contributed by atoms with Gasteiger partial charge in [0, 0.05) is 50.7 Å². The molecule has 1 amide bonds. The standard InChI is InChI=1S/C25H26FN3O9/c1-14(37-22(32)8-15(12-30)13-31)38-25(36)28-6-4-27(5-7-28)21-10-20-17(9-19(21)26)23(33)18(24(34)35)11-29(20)16-2-3-16/h9-16H,2-8H2,1H3,(H,34,35). The van der Waals surface area contributed by atoms with Crippen molar-refractivity contribution in [3.63, 3.8) is 0 Å². The van der Waals surface area contributed by atoms with E-state index in [1.807, 2.05) is 0 Å². The number of carbonyl (C=O) groups is 5. The zero-order valence-electron chi connectivity index (χ0n) is 20.5. The molecule has 1 aromatic carbocycles. The van der Waals surface area contributed by atoms with Crippen molar-refractivity contribution in [1.82, 2.24) is 9.47 Å². The van der Waals surface area contributed by atoms with E-state index in [0.29, 0.717) is 18.1 Å². The molecule has 202 valence electrons. The number of nitrogens with zero attached hydrogens (tertiary/aromatic N) is 3. The minimum absolute atomic E-state index is 0.00333. The van der Waals surface area contributed by atoms with Gasteiger partial charge in [-0.2, -0.15) is 0 Å².